The summed E-state index contributed by atoms with van der Waals surface area (Å²) in [5.74, 6) is 1.68. The zero-order valence-electron chi connectivity index (χ0n) is 19.7. The summed E-state index contributed by atoms with van der Waals surface area (Å²) >= 11 is 12.9. The van der Waals surface area contributed by atoms with Gasteiger partial charge >= 0.3 is 0 Å². The SMILES string of the molecule is Cc1cc(COc2ccc(Cl)cc2Cc2cc3c(Cl)nc4c(ncn4C4C(O)C(O)C5CC54)c3[nH]2)on1. The molecule has 0 saturated heterocycles. The Morgan fingerprint density at radius 2 is 2.03 bits per heavy atom. The lowest BCUT2D eigenvalue weighted by Gasteiger charge is -2.22. The number of nitrogens with one attached hydrogen (secondary N) is 1. The molecule has 2 aliphatic rings. The van der Waals surface area contributed by atoms with Crippen LogP contribution >= 0.6 is 23.2 Å². The second-order valence-corrected chi connectivity index (χ2v) is 10.8. The molecule has 5 unspecified atom stereocenters. The number of halogens is 2. The molecule has 5 aromatic rings. The van der Waals surface area contributed by atoms with Gasteiger partial charge in [-0.05, 0) is 49.4 Å². The van der Waals surface area contributed by atoms with Crippen molar-refractivity contribution in [3.05, 3.63) is 69.5 Å². The standard InChI is InChI=1S/C26H23Cl2N5O4/c1-11-4-15(37-32-11)9-36-19-3-2-13(27)5-12(19)6-14-7-18-20(30-14)21-26(31-25(18)28)33(10-29-21)22-16-8-17(16)23(34)24(22)35/h2-5,7,10,16-17,22-24,30,34-35H,6,8-9H2,1H3. The summed E-state index contributed by atoms with van der Waals surface area (Å²) in [6.45, 7) is 2.11. The number of benzene rings is 1. The molecular formula is C26H23Cl2N5O4. The van der Waals surface area contributed by atoms with E-state index < -0.39 is 12.2 Å². The Hall–Kier alpha value is -3.11. The Labute approximate surface area is 221 Å². The minimum absolute atomic E-state index is 0.135. The highest BCUT2D eigenvalue weighted by Gasteiger charge is 2.60. The van der Waals surface area contributed by atoms with Crippen LogP contribution in [0.5, 0.6) is 5.75 Å². The van der Waals surface area contributed by atoms with Gasteiger partial charge in [0.05, 0.1) is 29.7 Å². The number of imidazole rings is 1. The van der Waals surface area contributed by atoms with Crippen molar-refractivity contribution in [1.82, 2.24) is 24.7 Å². The molecule has 5 atom stereocenters. The predicted molar refractivity (Wildman–Crippen MR) is 137 cm³/mol. The Morgan fingerprint density at radius 1 is 1.16 bits per heavy atom. The van der Waals surface area contributed by atoms with E-state index in [4.69, 9.17) is 32.5 Å². The largest absolute Gasteiger partial charge is 0.485 e. The van der Waals surface area contributed by atoms with Gasteiger partial charge in [-0.2, -0.15) is 0 Å². The van der Waals surface area contributed by atoms with Crippen LogP contribution in [0.3, 0.4) is 0 Å². The maximum Gasteiger partial charge on any atom is 0.174 e. The van der Waals surface area contributed by atoms with Crippen LogP contribution in [0.1, 0.15) is 35.2 Å². The molecule has 9 nitrogen and oxygen atoms in total. The molecule has 4 heterocycles. The first-order valence-electron chi connectivity index (χ1n) is 12.1. The van der Waals surface area contributed by atoms with E-state index in [-0.39, 0.29) is 24.5 Å². The van der Waals surface area contributed by atoms with Gasteiger partial charge in [0.15, 0.2) is 11.4 Å². The molecule has 0 aliphatic heterocycles. The lowest BCUT2D eigenvalue weighted by atomic mass is 10.1. The van der Waals surface area contributed by atoms with Gasteiger partial charge in [-0.1, -0.05) is 28.4 Å². The number of aliphatic hydroxyl groups excluding tert-OH is 2. The molecule has 2 saturated carbocycles. The van der Waals surface area contributed by atoms with Crippen LogP contribution in [-0.2, 0) is 13.0 Å². The maximum absolute atomic E-state index is 10.6. The van der Waals surface area contributed by atoms with Crippen molar-refractivity contribution in [1.29, 1.82) is 0 Å². The number of ether oxygens (including phenoxy) is 1. The van der Waals surface area contributed by atoms with Crippen LogP contribution in [0.15, 0.2) is 41.2 Å². The summed E-state index contributed by atoms with van der Waals surface area (Å²) in [6, 6.07) is 9.02. The summed E-state index contributed by atoms with van der Waals surface area (Å²) < 4.78 is 13.1. The number of aromatic amines is 1. The molecule has 7 rings (SSSR count). The zero-order valence-corrected chi connectivity index (χ0v) is 21.2. The van der Waals surface area contributed by atoms with E-state index in [1.54, 1.807) is 12.4 Å². The van der Waals surface area contributed by atoms with E-state index in [1.165, 1.54) is 0 Å². The fraction of sp³-hybridized carbons (Fsp3) is 0.346. The molecule has 2 fully saturated rings. The fourth-order valence-corrected chi connectivity index (χ4v) is 6.16. The molecule has 3 N–H and O–H groups in total. The molecule has 1 aromatic carbocycles. The van der Waals surface area contributed by atoms with E-state index in [0.29, 0.717) is 39.3 Å². The highest BCUT2D eigenvalue weighted by atomic mass is 35.5. The third-order valence-electron chi connectivity index (χ3n) is 7.54. The number of aromatic nitrogens is 5. The highest BCUT2D eigenvalue weighted by molar-refractivity contribution is 6.35. The van der Waals surface area contributed by atoms with Gasteiger partial charge in [-0.25, -0.2) is 9.97 Å². The number of aryl methyl sites for hydroxylation is 1. The number of hydrogen-bond acceptors (Lipinski definition) is 7. The van der Waals surface area contributed by atoms with Crippen LogP contribution in [0.4, 0.5) is 0 Å². The second-order valence-electron chi connectivity index (χ2n) is 10.00. The smallest absolute Gasteiger partial charge is 0.174 e. The van der Waals surface area contributed by atoms with Crippen molar-refractivity contribution in [2.45, 2.75) is 44.6 Å². The van der Waals surface area contributed by atoms with Gasteiger partial charge in [-0.15, -0.1) is 0 Å². The Balaban J connectivity index is 1.22. The van der Waals surface area contributed by atoms with Crippen molar-refractivity contribution < 1.29 is 19.5 Å². The average molecular weight is 540 g/mol. The molecule has 4 aromatic heterocycles. The van der Waals surface area contributed by atoms with E-state index in [0.717, 1.165) is 34.3 Å². The van der Waals surface area contributed by atoms with Crippen molar-refractivity contribution >= 4 is 45.3 Å². The molecule has 11 heteroatoms. The number of nitrogens with zero attached hydrogens (tertiary/aromatic N) is 4. The summed E-state index contributed by atoms with van der Waals surface area (Å²) in [6.07, 6.45) is 1.52. The van der Waals surface area contributed by atoms with Crippen molar-refractivity contribution in [2.24, 2.45) is 11.8 Å². The van der Waals surface area contributed by atoms with Crippen molar-refractivity contribution in [3.63, 3.8) is 0 Å². The summed E-state index contributed by atoms with van der Waals surface area (Å²) in [5, 5.41) is 26.5. The Morgan fingerprint density at radius 3 is 2.78 bits per heavy atom. The van der Waals surface area contributed by atoms with Gasteiger partial charge in [-0.3, -0.25) is 0 Å². The topological polar surface area (TPSA) is 122 Å². The lowest BCUT2D eigenvalue weighted by molar-refractivity contribution is 0.00387. The number of H-pyrrole nitrogens is 1. The number of aliphatic hydroxyl groups is 2. The van der Waals surface area contributed by atoms with Crippen molar-refractivity contribution in [2.75, 3.05) is 0 Å². The monoisotopic (exact) mass is 539 g/mol. The van der Waals surface area contributed by atoms with Gasteiger partial charge in [0.2, 0.25) is 0 Å². The van der Waals surface area contributed by atoms with Crippen molar-refractivity contribution in [3.8, 4) is 5.75 Å². The lowest BCUT2D eigenvalue weighted by Crippen LogP contribution is -2.31. The number of rotatable bonds is 6. The van der Waals surface area contributed by atoms with Gasteiger partial charge < -0.3 is 29.0 Å². The van der Waals surface area contributed by atoms with E-state index in [9.17, 15) is 10.2 Å². The molecule has 0 spiro atoms. The maximum atomic E-state index is 10.6. The zero-order chi connectivity index (χ0) is 25.4. The van der Waals surface area contributed by atoms with Crippen LogP contribution in [-0.4, -0.2) is 47.1 Å². The van der Waals surface area contributed by atoms with Crippen LogP contribution in [0.25, 0.3) is 22.1 Å². The van der Waals surface area contributed by atoms with Crippen LogP contribution in [0.2, 0.25) is 10.2 Å². The summed E-state index contributed by atoms with van der Waals surface area (Å²) in [7, 11) is 0. The van der Waals surface area contributed by atoms with Gasteiger partial charge in [0.25, 0.3) is 0 Å². The van der Waals surface area contributed by atoms with Gasteiger partial charge in [0.1, 0.15) is 29.1 Å². The van der Waals surface area contributed by atoms with E-state index >= 15 is 0 Å². The van der Waals surface area contributed by atoms with Gasteiger partial charge in [0, 0.05) is 34.2 Å². The molecule has 0 bridgehead atoms. The fourth-order valence-electron chi connectivity index (χ4n) is 5.73. The second kappa shape index (κ2) is 8.46. The minimum atomic E-state index is -0.848. The first kappa shape index (κ1) is 23.0. The molecule has 0 amide bonds. The molecule has 0 radical (unpaired) electrons. The van der Waals surface area contributed by atoms with Crippen LogP contribution in [0, 0.1) is 18.8 Å². The molecule has 37 heavy (non-hydrogen) atoms. The summed E-state index contributed by atoms with van der Waals surface area (Å²) in [4.78, 5) is 12.7. The molecule has 190 valence electrons. The normalized spacial score (nSPS) is 24.7. The first-order chi connectivity index (χ1) is 17.9. The number of pyridine rings is 1. The molecule has 2 aliphatic carbocycles. The Bertz CT molecular complexity index is 1660. The highest BCUT2D eigenvalue weighted by Crippen LogP contribution is 2.58. The molecular weight excluding hydrogens is 517 g/mol. The minimum Gasteiger partial charge on any atom is -0.485 e. The third-order valence-corrected chi connectivity index (χ3v) is 8.07. The number of fused-ring (bicyclic) bond motifs is 4. The van der Waals surface area contributed by atoms with E-state index in [2.05, 4.69) is 20.1 Å². The average Bonchev–Trinajstić information content (AvgIpc) is 3.14. The Kier molecular flexibility index (Phi) is 5.27. The summed E-state index contributed by atoms with van der Waals surface area (Å²) in [5.41, 5.74) is 4.60. The van der Waals surface area contributed by atoms with E-state index in [1.807, 2.05) is 35.8 Å². The quantitative estimate of drug-likeness (QED) is 0.269. The van der Waals surface area contributed by atoms with Crippen LogP contribution < -0.4 is 4.74 Å². The predicted octanol–water partition coefficient (Wildman–Crippen LogP) is 4.60. The first-order valence-corrected chi connectivity index (χ1v) is 12.9. The number of hydrogen-bond donors (Lipinski definition) is 3. The third kappa shape index (κ3) is 3.80.